The maximum Gasteiger partial charge on any atom is 0.276 e. The number of amides is 2. The Labute approximate surface area is 170 Å². The van der Waals surface area contributed by atoms with Crippen LogP contribution < -0.4 is 20.1 Å². The molecule has 2 N–H and O–H groups in total. The Balaban J connectivity index is 1.82. The van der Waals surface area contributed by atoms with Gasteiger partial charge in [-0.1, -0.05) is 18.2 Å². The Morgan fingerprint density at radius 3 is 2.45 bits per heavy atom. The van der Waals surface area contributed by atoms with Crippen LogP contribution in [0.2, 0.25) is 0 Å². The molecule has 2 aromatic rings. The van der Waals surface area contributed by atoms with Crippen molar-refractivity contribution in [3.05, 3.63) is 69.3 Å². The summed E-state index contributed by atoms with van der Waals surface area (Å²) >= 11 is 4.76. The molecule has 29 heavy (non-hydrogen) atoms. The molecule has 1 saturated heterocycles. The normalized spacial score (nSPS) is 13.4. The fourth-order valence-electron chi connectivity index (χ4n) is 2.63. The van der Waals surface area contributed by atoms with E-state index < -0.39 is 16.7 Å². The maximum atomic E-state index is 11.9. The van der Waals surface area contributed by atoms with Crippen LogP contribution in [0, 0.1) is 10.1 Å². The van der Waals surface area contributed by atoms with E-state index in [1.807, 2.05) is 0 Å². The van der Waals surface area contributed by atoms with Gasteiger partial charge in [-0.25, -0.2) is 0 Å². The van der Waals surface area contributed by atoms with Crippen molar-refractivity contribution >= 4 is 40.9 Å². The second-order valence-corrected chi connectivity index (χ2v) is 6.29. The average Bonchev–Trinajstić information content (AvgIpc) is 2.69. The lowest BCUT2D eigenvalue weighted by Gasteiger charge is -2.16. The number of ether oxygens (including phenoxy) is 2. The number of hydrogen-bond donors (Lipinski definition) is 2. The van der Waals surface area contributed by atoms with Gasteiger partial charge < -0.3 is 9.47 Å². The van der Waals surface area contributed by atoms with Crippen LogP contribution in [0.1, 0.15) is 11.1 Å². The van der Waals surface area contributed by atoms with Crippen LogP contribution >= 0.6 is 12.2 Å². The molecule has 1 heterocycles. The number of methoxy groups -OCH3 is 1. The van der Waals surface area contributed by atoms with Crippen molar-refractivity contribution in [1.82, 2.24) is 10.6 Å². The number of benzene rings is 2. The number of nitro benzene ring substituents is 1. The van der Waals surface area contributed by atoms with Crippen LogP contribution in [0.3, 0.4) is 0 Å². The Hall–Kier alpha value is -3.79. The number of carbonyl (C=O) groups excluding carboxylic acids is 2. The molecule has 0 spiro atoms. The number of thiocarbonyl (C=S) groups is 1. The lowest BCUT2D eigenvalue weighted by molar-refractivity contribution is -0.385. The highest BCUT2D eigenvalue weighted by atomic mass is 32.1. The SMILES string of the molecule is COc1cc(C=C2C(=O)NC(=S)NC2=O)ccc1OCc1ccccc1[N+](=O)[O-]. The van der Waals surface area contributed by atoms with E-state index in [-0.39, 0.29) is 23.0 Å². The van der Waals surface area contributed by atoms with Gasteiger partial charge in [-0.15, -0.1) is 0 Å². The lowest BCUT2D eigenvalue weighted by atomic mass is 10.1. The molecule has 0 aliphatic carbocycles. The summed E-state index contributed by atoms with van der Waals surface area (Å²) in [6, 6.07) is 11.1. The Morgan fingerprint density at radius 1 is 1.10 bits per heavy atom. The van der Waals surface area contributed by atoms with Gasteiger partial charge in [-0.2, -0.15) is 0 Å². The van der Waals surface area contributed by atoms with Crippen molar-refractivity contribution in [2.24, 2.45) is 0 Å². The van der Waals surface area contributed by atoms with E-state index in [0.29, 0.717) is 22.6 Å². The Kier molecular flexibility index (Phi) is 5.84. The molecule has 0 aromatic heterocycles. The molecule has 1 aliphatic rings. The zero-order chi connectivity index (χ0) is 21.0. The lowest BCUT2D eigenvalue weighted by Crippen LogP contribution is -2.51. The molecule has 1 fully saturated rings. The molecule has 2 amide bonds. The fraction of sp³-hybridized carbons (Fsp3) is 0.105. The van der Waals surface area contributed by atoms with Crippen LogP contribution in [0.4, 0.5) is 5.69 Å². The summed E-state index contributed by atoms with van der Waals surface area (Å²) < 4.78 is 11.0. The summed E-state index contributed by atoms with van der Waals surface area (Å²) in [4.78, 5) is 34.5. The largest absolute Gasteiger partial charge is 0.493 e. The predicted octanol–water partition coefficient (Wildman–Crippen LogP) is 2.10. The first-order valence-corrected chi connectivity index (χ1v) is 8.71. The zero-order valence-electron chi connectivity index (χ0n) is 15.1. The Morgan fingerprint density at radius 2 is 1.79 bits per heavy atom. The number of nitrogens with one attached hydrogen (secondary N) is 2. The van der Waals surface area contributed by atoms with Crippen molar-refractivity contribution in [3.8, 4) is 11.5 Å². The number of nitrogens with zero attached hydrogens (tertiary/aromatic N) is 1. The third-order valence-electron chi connectivity index (χ3n) is 4.01. The van der Waals surface area contributed by atoms with Gasteiger partial charge in [0.25, 0.3) is 17.5 Å². The van der Waals surface area contributed by atoms with Gasteiger partial charge in [-0.05, 0) is 42.1 Å². The first kappa shape index (κ1) is 20.0. The van der Waals surface area contributed by atoms with Gasteiger partial charge in [0.05, 0.1) is 17.6 Å². The number of nitro groups is 1. The second-order valence-electron chi connectivity index (χ2n) is 5.88. The summed E-state index contributed by atoms with van der Waals surface area (Å²) in [6.45, 7) is -0.0315. The predicted molar refractivity (Wildman–Crippen MR) is 107 cm³/mol. The molecule has 148 valence electrons. The molecular weight excluding hydrogens is 398 g/mol. The van der Waals surface area contributed by atoms with E-state index in [1.165, 1.54) is 19.3 Å². The van der Waals surface area contributed by atoms with E-state index in [4.69, 9.17) is 21.7 Å². The molecule has 9 nitrogen and oxygen atoms in total. The van der Waals surface area contributed by atoms with Crippen molar-refractivity contribution in [2.45, 2.75) is 6.61 Å². The van der Waals surface area contributed by atoms with E-state index >= 15 is 0 Å². The van der Waals surface area contributed by atoms with Gasteiger partial charge in [0.15, 0.2) is 16.6 Å². The highest BCUT2D eigenvalue weighted by molar-refractivity contribution is 7.80. The summed E-state index contributed by atoms with van der Waals surface area (Å²) in [6.07, 6.45) is 1.39. The number of hydrogen-bond acceptors (Lipinski definition) is 7. The first-order chi connectivity index (χ1) is 13.9. The molecule has 0 unspecified atom stereocenters. The highest BCUT2D eigenvalue weighted by Crippen LogP contribution is 2.30. The zero-order valence-corrected chi connectivity index (χ0v) is 15.9. The van der Waals surface area contributed by atoms with E-state index in [1.54, 1.807) is 36.4 Å². The molecule has 10 heteroatoms. The molecular formula is C19H15N3O6S. The molecule has 0 saturated carbocycles. The third-order valence-corrected chi connectivity index (χ3v) is 4.22. The van der Waals surface area contributed by atoms with E-state index in [2.05, 4.69) is 10.6 Å². The van der Waals surface area contributed by atoms with Crippen LogP contribution in [0.15, 0.2) is 48.0 Å². The quantitative estimate of drug-likeness (QED) is 0.245. The number of carbonyl (C=O) groups is 2. The van der Waals surface area contributed by atoms with E-state index in [9.17, 15) is 19.7 Å². The number of para-hydroxylation sites is 1. The highest BCUT2D eigenvalue weighted by Gasteiger charge is 2.25. The van der Waals surface area contributed by atoms with Crippen LogP contribution in [-0.4, -0.2) is 29.0 Å². The minimum Gasteiger partial charge on any atom is -0.493 e. The van der Waals surface area contributed by atoms with Gasteiger partial charge >= 0.3 is 0 Å². The molecule has 0 atom stereocenters. The van der Waals surface area contributed by atoms with Crippen LogP contribution in [-0.2, 0) is 16.2 Å². The fourth-order valence-corrected chi connectivity index (χ4v) is 2.82. The van der Waals surface area contributed by atoms with Gasteiger partial charge in [0.2, 0.25) is 0 Å². The van der Waals surface area contributed by atoms with Gasteiger partial charge in [0, 0.05) is 6.07 Å². The van der Waals surface area contributed by atoms with Gasteiger partial charge in [0.1, 0.15) is 12.2 Å². The van der Waals surface area contributed by atoms with Crippen molar-refractivity contribution in [2.75, 3.05) is 7.11 Å². The molecule has 0 radical (unpaired) electrons. The summed E-state index contributed by atoms with van der Waals surface area (Å²) in [5, 5.41) is 15.8. The van der Waals surface area contributed by atoms with Crippen LogP contribution in [0.25, 0.3) is 6.08 Å². The molecule has 3 rings (SSSR count). The van der Waals surface area contributed by atoms with Crippen molar-refractivity contribution < 1.29 is 24.0 Å². The summed E-state index contributed by atoms with van der Waals surface area (Å²) in [7, 11) is 1.43. The van der Waals surface area contributed by atoms with E-state index in [0.717, 1.165) is 0 Å². The second kappa shape index (κ2) is 8.48. The molecule has 0 bridgehead atoms. The van der Waals surface area contributed by atoms with Crippen molar-refractivity contribution in [1.29, 1.82) is 0 Å². The third kappa shape index (κ3) is 4.55. The van der Waals surface area contributed by atoms with Crippen LogP contribution in [0.5, 0.6) is 11.5 Å². The first-order valence-electron chi connectivity index (χ1n) is 8.30. The Bertz CT molecular complexity index is 1030. The summed E-state index contributed by atoms with van der Waals surface area (Å²) in [5.41, 5.74) is 0.791. The minimum absolute atomic E-state index is 0.0315. The van der Waals surface area contributed by atoms with Gasteiger partial charge in [-0.3, -0.25) is 30.3 Å². The molecule has 1 aliphatic heterocycles. The monoisotopic (exact) mass is 413 g/mol. The average molecular weight is 413 g/mol. The summed E-state index contributed by atoms with van der Waals surface area (Å²) in [5.74, 6) is -0.513. The van der Waals surface area contributed by atoms with Crippen molar-refractivity contribution in [3.63, 3.8) is 0 Å². The molecule has 2 aromatic carbocycles. The minimum atomic E-state index is -0.602. The smallest absolute Gasteiger partial charge is 0.276 e. The maximum absolute atomic E-state index is 11.9. The topological polar surface area (TPSA) is 120 Å². The standard InChI is InChI=1S/C19H15N3O6S/c1-27-16-9-11(8-13-17(23)20-19(29)21-18(13)24)6-7-15(16)28-10-12-4-2-3-5-14(12)22(25)26/h2-9H,10H2,1H3,(H2,20,21,23,24,29). The number of rotatable bonds is 6.